The number of carbonyl (C=O) groups is 2. The third-order valence-corrected chi connectivity index (χ3v) is 1.38. The van der Waals surface area contributed by atoms with Gasteiger partial charge in [0.25, 0.3) is 0 Å². The number of methoxy groups -OCH3 is 1. The molecule has 0 atom stereocenters. The van der Waals surface area contributed by atoms with E-state index in [1.54, 1.807) is 20.8 Å². The summed E-state index contributed by atoms with van der Waals surface area (Å²) in [6, 6.07) is 0. The molecule has 0 bridgehead atoms. The average molecular weight is 254 g/mol. The van der Waals surface area contributed by atoms with Crippen molar-refractivity contribution in [3.05, 3.63) is 0 Å². The highest BCUT2D eigenvalue weighted by molar-refractivity contribution is 5.85. The molecular formula is C10H20ClNO4. The lowest BCUT2D eigenvalue weighted by molar-refractivity contribution is -0.154. The number of ether oxygens (including phenoxy) is 2. The number of hydrogen-bond donors (Lipinski definition) is 1. The molecule has 5 nitrogen and oxygen atoms in total. The van der Waals surface area contributed by atoms with Crippen molar-refractivity contribution in [2.45, 2.75) is 32.8 Å². The van der Waals surface area contributed by atoms with Crippen LogP contribution in [0.15, 0.2) is 0 Å². The molecule has 0 saturated heterocycles. The van der Waals surface area contributed by atoms with Gasteiger partial charge in [-0.2, -0.15) is 0 Å². The predicted molar refractivity (Wildman–Crippen MR) is 62.6 cm³/mol. The summed E-state index contributed by atoms with van der Waals surface area (Å²) < 4.78 is 9.73. The summed E-state index contributed by atoms with van der Waals surface area (Å²) in [5, 5.41) is 2.45. The monoisotopic (exact) mass is 253 g/mol. The summed E-state index contributed by atoms with van der Waals surface area (Å²) in [5.41, 5.74) is -0.520. The molecule has 16 heavy (non-hydrogen) atoms. The maximum absolute atomic E-state index is 11.2. The van der Waals surface area contributed by atoms with Crippen molar-refractivity contribution in [1.29, 1.82) is 0 Å². The molecule has 0 aliphatic heterocycles. The van der Waals surface area contributed by atoms with Crippen LogP contribution in [0.3, 0.4) is 0 Å². The molecule has 0 aromatic heterocycles. The number of halogens is 1. The highest BCUT2D eigenvalue weighted by Crippen LogP contribution is 2.06. The molecule has 0 fully saturated rings. The van der Waals surface area contributed by atoms with E-state index in [0.29, 0.717) is 6.61 Å². The third kappa shape index (κ3) is 11.3. The van der Waals surface area contributed by atoms with Gasteiger partial charge in [-0.1, -0.05) is 0 Å². The molecule has 0 heterocycles. The van der Waals surface area contributed by atoms with Crippen molar-refractivity contribution in [1.82, 2.24) is 5.32 Å². The van der Waals surface area contributed by atoms with Gasteiger partial charge in [-0.15, -0.1) is 12.4 Å². The highest BCUT2D eigenvalue weighted by atomic mass is 35.5. The first kappa shape index (κ1) is 17.6. The Hall–Kier alpha value is -0.810. The summed E-state index contributed by atoms with van der Waals surface area (Å²) in [4.78, 5) is 22.2. The molecule has 1 amide bonds. The quantitative estimate of drug-likeness (QED) is 0.740. The van der Waals surface area contributed by atoms with Crippen molar-refractivity contribution in [2.24, 2.45) is 0 Å². The molecule has 0 aromatic carbocycles. The van der Waals surface area contributed by atoms with E-state index >= 15 is 0 Å². The highest BCUT2D eigenvalue weighted by Gasteiger charge is 2.16. The van der Waals surface area contributed by atoms with Crippen LogP contribution in [0.5, 0.6) is 0 Å². The van der Waals surface area contributed by atoms with Crippen LogP contribution < -0.4 is 5.32 Å². The van der Waals surface area contributed by atoms with Crippen LogP contribution in [-0.2, 0) is 19.1 Å². The standard InChI is InChI=1S/C10H19NO4.ClH/c1-10(2,3)15-9(13)7-11-8(12)5-6-14-4;/h5-7H2,1-4H3,(H,11,12);1H. The van der Waals surface area contributed by atoms with Crippen molar-refractivity contribution >= 4 is 24.3 Å². The van der Waals surface area contributed by atoms with E-state index in [0.717, 1.165) is 0 Å². The van der Waals surface area contributed by atoms with Crippen molar-refractivity contribution in [3.63, 3.8) is 0 Å². The number of carbonyl (C=O) groups excluding carboxylic acids is 2. The Labute approximate surface area is 102 Å². The van der Waals surface area contributed by atoms with Crippen LogP contribution in [0, 0.1) is 0 Å². The van der Waals surface area contributed by atoms with E-state index in [1.807, 2.05) is 0 Å². The SMILES string of the molecule is COCCC(=O)NCC(=O)OC(C)(C)C.Cl. The maximum Gasteiger partial charge on any atom is 0.325 e. The normalized spacial score (nSPS) is 10.2. The first-order valence-corrected chi connectivity index (χ1v) is 4.82. The van der Waals surface area contributed by atoms with E-state index in [1.165, 1.54) is 7.11 Å². The van der Waals surface area contributed by atoms with Gasteiger partial charge in [0, 0.05) is 13.5 Å². The molecule has 1 N–H and O–H groups in total. The summed E-state index contributed by atoms with van der Waals surface area (Å²) in [6.07, 6.45) is 0.249. The zero-order valence-corrected chi connectivity index (χ0v) is 11.0. The fourth-order valence-electron chi connectivity index (χ4n) is 0.831. The maximum atomic E-state index is 11.2. The lowest BCUT2D eigenvalue weighted by Gasteiger charge is -2.19. The first-order chi connectivity index (χ1) is 6.85. The smallest absolute Gasteiger partial charge is 0.325 e. The second kappa shape index (κ2) is 8.35. The van der Waals surface area contributed by atoms with Crippen LogP contribution in [0.25, 0.3) is 0 Å². The zero-order valence-electron chi connectivity index (χ0n) is 10.2. The molecule has 0 saturated carbocycles. The van der Waals surface area contributed by atoms with Crippen LogP contribution in [0.1, 0.15) is 27.2 Å². The molecule has 96 valence electrons. The minimum atomic E-state index is -0.520. The number of rotatable bonds is 5. The largest absolute Gasteiger partial charge is 0.459 e. The van der Waals surface area contributed by atoms with E-state index < -0.39 is 11.6 Å². The number of amides is 1. The van der Waals surface area contributed by atoms with Gasteiger partial charge < -0.3 is 14.8 Å². The van der Waals surface area contributed by atoms with Gasteiger partial charge in [0.1, 0.15) is 12.1 Å². The van der Waals surface area contributed by atoms with Gasteiger partial charge in [-0.05, 0) is 20.8 Å². The number of nitrogens with one attached hydrogen (secondary N) is 1. The molecule has 0 radical (unpaired) electrons. The summed E-state index contributed by atoms with van der Waals surface area (Å²) in [7, 11) is 1.52. The average Bonchev–Trinajstić information content (AvgIpc) is 2.08. The van der Waals surface area contributed by atoms with Crippen LogP contribution >= 0.6 is 12.4 Å². The second-order valence-electron chi connectivity index (χ2n) is 4.11. The zero-order chi connectivity index (χ0) is 11.9. The Bertz CT molecular complexity index is 225. The number of hydrogen-bond acceptors (Lipinski definition) is 4. The third-order valence-electron chi connectivity index (χ3n) is 1.38. The lowest BCUT2D eigenvalue weighted by atomic mass is 10.2. The summed E-state index contributed by atoms with van der Waals surface area (Å²) in [5.74, 6) is -0.657. The fourth-order valence-corrected chi connectivity index (χ4v) is 0.831. The molecular weight excluding hydrogens is 234 g/mol. The molecule has 0 spiro atoms. The molecule has 0 aliphatic carbocycles. The lowest BCUT2D eigenvalue weighted by Crippen LogP contribution is -2.34. The Balaban J connectivity index is 0. The predicted octanol–water partition coefficient (Wildman–Crippen LogP) is 0.903. The van der Waals surface area contributed by atoms with Crippen molar-refractivity contribution in [2.75, 3.05) is 20.3 Å². The van der Waals surface area contributed by atoms with E-state index in [2.05, 4.69) is 5.32 Å². The van der Waals surface area contributed by atoms with Gasteiger partial charge in [-0.3, -0.25) is 9.59 Å². The van der Waals surface area contributed by atoms with Gasteiger partial charge in [0.2, 0.25) is 5.91 Å². The van der Waals surface area contributed by atoms with Crippen molar-refractivity contribution < 1.29 is 19.1 Å². The van der Waals surface area contributed by atoms with Crippen LogP contribution in [0.2, 0.25) is 0 Å². The minimum absolute atomic E-state index is 0. The summed E-state index contributed by atoms with van der Waals surface area (Å²) in [6.45, 7) is 5.58. The van der Waals surface area contributed by atoms with Gasteiger partial charge in [-0.25, -0.2) is 0 Å². The molecule has 6 heteroatoms. The van der Waals surface area contributed by atoms with E-state index in [9.17, 15) is 9.59 Å². The second-order valence-corrected chi connectivity index (χ2v) is 4.11. The van der Waals surface area contributed by atoms with E-state index in [-0.39, 0.29) is 31.3 Å². The Morgan fingerprint density at radius 2 is 1.81 bits per heavy atom. The Morgan fingerprint density at radius 1 is 1.25 bits per heavy atom. The van der Waals surface area contributed by atoms with Crippen molar-refractivity contribution in [3.8, 4) is 0 Å². The fraction of sp³-hybridized carbons (Fsp3) is 0.800. The molecule has 0 aromatic rings. The summed E-state index contributed by atoms with van der Waals surface area (Å²) >= 11 is 0. The van der Waals surface area contributed by atoms with Crippen LogP contribution in [0.4, 0.5) is 0 Å². The van der Waals surface area contributed by atoms with Gasteiger partial charge in [0.15, 0.2) is 0 Å². The molecule has 0 unspecified atom stereocenters. The van der Waals surface area contributed by atoms with Gasteiger partial charge >= 0.3 is 5.97 Å². The molecule has 0 rings (SSSR count). The van der Waals surface area contributed by atoms with Gasteiger partial charge in [0.05, 0.1) is 6.61 Å². The number of esters is 1. The molecule has 0 aliphatic rings. The van der Waals surface area contributed by atoms with E-state index in [4.69, 9.17) is 9.47 Å². The van der Waals surface area contributed by atoms with Crippen LogP contribution in [-0.4, -0.2) is 37.7 Å². The Kier molecular flexibility index (Phi) is 9.18. The topological polar surface area (TPSA) is 64.6 Å². The first-order valence-electron chi connectivity index (χ1n) is 4.82. The minimum Gasteiger partial charge on any atom is -0.459 e. The Morgan fingerprint density at radius 3 is 2.25 bits per heavy atom.